The maximum absolute atomic E-state index is 5.80. The van der Waals surface area contributed by atoms with Gasteiger partial charge in [-0.2, -0.15) is 0 Å². The highest BCUT2D eigenvalue weighted by Gasteiger charge is 2.20. The minimum Gasteiger partial charge on any atom is -0.326 e. The SMILES string of the molecule is Clc1nccc(N2CCc3ccccc32)n1. The maximum Gasteiger partial charge on any atom is 0.224 e. The number of halogens is 1. The fourth-order valence-corrected chi connectivity index (χ4v) is 2.20. The standard InChI is InChI=1S/C12H10ClN3/c13-12-14-7-5-11(15-12)16-8-6-9-3-1-2-4-10(9)16/h1-5,7H,6,8H2. The first kappa shape index (κ1) is 9.60. The zero-order chi connectivity index (χ0) is 11.0. The molecule has 2 aromatic rings. The zero-order valence-electron chi connectivity index (χ0n) is 8.60. The Balaban J connectivity index is 2.05. The van der Waals surface area contributed by atoms with Gasteiger partial charge in [0.15, 0.2) is 0 Å². The zero-order valence-corrected chi connectivity index (χ0v) is 9.35. The summed E-state index contributed by atoms with van der Waals surface area (Å²) in [6.07, 6.45) is 2.74. The summed E-state index contributed by atoms with van der Waals surface area (Å²) in [4.78, 5) is 10.3. The summed E-state index contributed by atoms with van der Waals surface area (Å²) < 4.78 is 0. The highest BCUT2D eigenvalue weighted by molar-refractivity contribution is 6.28. The lowest BCUT2D eigenvalue weighted by atomic mass is 10.2. The molecular weight excluding hydrogens is 222 g/mol. The molecule has 0 saturated heterocycles. The molecule has 0 spiro atoms. The molecule has 0 N–H and O–H groups in total. The Bertz CT molecular complexity index is 527. The van der Waals surface area contributed by atoms with Crippen LogP contribution in [-0.2, 0) is 6.42 Å². The smallest absolute Gasteiger partial charge is 0.224 e. The summed E-state index contributed by atoms with van der Waals surface area (Å²) in [7, 11) is 0. The van der Waals surface area contributed by atoms with Crippen molar-refractivity contribution in [2.24, 2.45) is 0 Å². The normalized spacial score (nSPS) is 13.9. The molecule has 3 nitrogen and oxygen atoms in total. The van der Waals surface area contributed by atoms with Crippen molar-refractivity contribution in [3.8, 4) is 0 Å². The van der Waals surface area contributed by atoms with Crippen LogP contribution in [0.15, 0.2) is 36.5 Å². The third-order valence-corrected chi connectivity index (χ3v) is 2.96. The van der Waals surface area contributed by atoms with Gasteiger partial charge in [-0.05, 0) is 35.7 Å². The molecule has 0 atom stereocenters. The van der Waals surface area contributed by atoms with Crippen LogP contribution in [0.1, 0.15) is 5.56 Å². The monoisotopic (exact) mass is 231 g/mol. The first-order chi connectivity index (χ1) is 7.84. The van der Waals surface area contributed by atoms with Crippen LogP contribution in [0, 0.1) is 0 Å². The van der Waals surface area contributed by atoms with E-state index in [9.17, 15) is 0 Å². The fourth-order valence-electron chi connectivity index (χ4n) is 2.05. The topological polar surface area (TPSA) is 29.0 Å². The first-order valence-corrected chi connectivity index (χ1v) is 5.56. The van der Waals surface area contributed by atoms with Crippen molar-refractivity contribution in [3.05, 3.63) is 47.4 Å². The van der Waals surface area contributed by atoms with Crippen LogP contribution >= 0.6 is 11.6 Å². The fraction of sp³-hybridized carbons (Fsp3) is 0.167. The quantitative estimate of drug-likeness (QED) is 0.707. The molecule has 0 radical (unpaired) electrons. The minimum absolute atomic E-state index is 0.293. The molecule has 3 rings (SSSR count). The molecule has 0 bridgehead atoms. The van der Waals surface area contributed by atoms with Crippen molar-refractivity contribution < 1.29 is 0 Å². The van der Waals surface area contributed by atoms with E-state index in [4.69, 9.17) is 11.6 Å². The van der Waals surface area contributed by atoms with Crippen molar-refractivity contribution in [2.45, 2.75) is 6.42 Å². The van der Waals surface area contributed by atoms with Gasteiger partial charge in [-0.3, -0.25) is 0 Å². The van der Waals surface area contributed by atoms with E-state index >= 15 is 0 Å². The summed E-state index contributed by atoms with van der Waals surface area (Å²) in [5.41, 5.74) is 2.58. The van der Waals surface area contributed by atoms with Gasteiger partial charge in [-0.1, -0.05) is 18.2 Å². The number of aromatic nitrogens is 2. The lowest BCUT2D eigenvalue weighted by Gasteiger charge is -2.17. The summed E-state index contributed by atoms with van der Waals surface area (Å²) >= 11 is 5.80. The van der Waals surface area contributed by atoms with E-state index in [1.165, 1.54) is 11.3 Å². The van der Waals surface area contributed by atoms with Gasteiger partial charge >= 0.3 is 0 Å². The van der Waals surface area contributed by atoms with Gasteiger partial charge < -0.3 is 4.90 Å². The second kappa shape index (κ2) is 3.76. The van der Waals surface area contributed by atoms with E-state index in [0.717, 1.165) is 18.8 Å². The van der Waals surface area contributed by atoms with Crippen molar-refractivity contribution >= 4 is 23.1 Å². The second-order valence-corrected chi connectivity index (χ2v) is 4.05. The van der Waals surface area contributed by atoms with Gasteiger partial charge in [0.25, 0.3) is 0 Å². The van der Waals surface area contributed by atoms with Gasteiger partial charge in [0.05, 0.1) is 0 Å². The van der Waals surface area contributed by atoms with Gasteiger partial charge in [0.2, 0.25) is 5.28 Å². The molecule has 4 heteroatoms. The molecule has 0 aliphatic carbocycles. The van der Waals surface area contributed by atoms with Crippen LogP contribution in [0.3, 0.4) is 0 Å². The van der Waals surface area contributed by atoms with Crippen LogP contribution in [0.2, 0.25) is 5.28 Å². The Hall–Kier alpha value is -1.61. The van der Waals surface area contributed by atoms with Gasteiger partial charge in [-0.25, -0.2) is 9.97 Å². The average molecular weight is 232 g/mol. The average Bonchev–Trinajstić information content (AvgIpc) is 2.72. The van der Waals surface area contributed by atoms with Gasteiger partial charge in [-0.15, -0.1) is 0 Å². The van der Waals surface area contributed by atoms with Crippen LogP contribution in [0.4, 0.5) is 11.5 Å². The number of hydrogen-bond donors (Lipinski definition) is 0. The molecule has 0 amide bonds. The first-order valence-electron chi connectivity index (χ1n) is 5.18. The lowest BCUT2D eigenvalue weighted by Crippen LogP contribution is -2.14. The number of rotatable bonds is 1. The predicted octanol–water partition coefficient (Wildman–Crippen LogP) is 2.82. The largest absolute Gasteiger partial charge is 0.326 e. The van der Waals surface area contributed by atoms with Gasteiger partial charge in [0, 0.05) is 18.4 Å². The Morgan fingerprint density at radius 1 is 1.19 bits per heavy atom. The third-order valence-electron chi connectivity index (χ3n) is 2.78. The Kier molecular flexibility index (Phi) is 2.26. The Morgan fingerprint density at radius 2 is 2.06 bits per heavy atom. The Morgan fingerprint density at radius 3 is 2.94 bits per heavy atom. The number of benzene rings is 1. The van der Waals surface area contributed by atoms with E-state index in [1.54, 1.807) is 6.20 Å². The molecule has 0 fully saturated rings. The van der Waals surface area contributed by atoms with E-state index in [-0.39, 0.29) is 0 Å². The maximum atomic E-state index is 5.80. The highest BCUT2D eigenvalue weighted by atomic mass is 35.5. The number of anilines is 2. The predicted molar refractivity (Wildman–Crippen MR) is 64.2 cm³/mol. The van der Waals surface area contributed by atoms with E-state index in [0.29, 0.717) is 5.28 Å². The van der Waals surface area contributed by atoms with E-state index < -0.39 is 0 Å². The molecule has 1 aliphatic heterocycles. The number of fused-ring (bicyclic) bond motifs is 1. The van der Waals surface area contributed by atoms with E-state index in [2.05, 4.69) is 33.1 Å². The summed E-state index contributed by atoms with van der Waals surface area (Å²) in [6.45, 7) is 0.951. The van der Waals surface area contributed by atoms with Crippen LogP contribution in [0.5, 0.6) is 0 Å². The summed E-state index contributed by atoms with van der Waals surface area (Å²) in [5.74, 6) is 0.866. The molecule has 2 heterocycles. The number of para-hydroxylation sites is 1. The molecule has 1 aromatic carbocycles. The van der Waals surface area contributed by atoms with Crippen molar-refractivity contribution in [1.29, 1.82) is 0 Å². The molecule has 0 saturated carbocycles. The molecule has 16 heavy (non-hydrogen) atoms. The highest BCUT2D eigenvalue weighted by Crippen LogP contribution is 2.32. The second-order valence-electron chi connectivity index (χ2n) is 3.71. The summed E-state index contributed by atoms with van der Waals surface area (Å²) in [5, 5.41) is 0.293. The minimum atomic E-state index is 0.293. The lowest BCUT2D eigenvalue weighted by molar-refractivity contribution is 0.964. The van der Waals surface area contributed by atoms with Crippen molar-refractivity contribution in [2.75, 3.05) is 11.4 Å². The van der Waals surface area contributed by atoms with Crippen LogP contribution in [-0.4, -0.2) is 16.5 Å². The molecular formula is C12H10ClN3. The third kappa shape index (κ3) is 1.53. The summed E-state index contributed by atoms with van der Waals surface area (Å²) in [6, 6.07) is 10.2. The van der Waals surface area contributed by atoms with E-state index in [1.807, 2.05) is 12.1 Å². The van der Waals surface area contributed by atoms with Gasteiger partial charge in [0.1, 0.15) is 5.82 Å². The molecule has 1 aromatic heterocycles. The molecule has 1 aliphatic rings. The van der Waals surface area contributed by atoms with Crippen molar-refractivity contribution in [1.82, 2.24) is 9.97 Å². The number of hydrogen-bond acceptors (Lipinski definition) is 3. The molecule has 80 valence electrons. The van der Waals surface area contributed by atoms with Crippen LogP contribution in [0.25, 0.3) is 0 Å². The van der Waals surface area contributed by atoms with Crippen molar-refractivity contribution in [3.63, 3.8) is 0 Å². The number of nitrogens with zero attached hydrogens (tertiary/aromatic N) is 3. The Labute approximate surface area is 98.7 Å². The molecule has 0 unspecified atom stereocenters. The van der Waals surface area contributed by atoms with Crippen LogP contribution < -0.4 is 4.90 Å².